The van der Waals surface area contributed by atoms with Crippen LogP contribution in [0.3, 0.4) is 0 Å². The van der Waals surface area contributed by atoms with Gasteiger partial charge in [-0.15, -0.1) is 0 Å². The molecular weight excluding hydrogens is 320 g/mol. The first kappa shape index (κ1) is 17.3. The number of ether oxygens (including phenoxy) is 1. The number of carbonyl (C=O) groups excluding carboxylic acids is 3. The first-order chi connectivity index (χ1) is 10.7. The second-order valence-corrected chi connectivity index (χ2v) is 6.65. The van der Waals surface area contributed by atoms with Crippen LogP contribution < -0.4 is 15.0 Å². The van der Waals surface area contributed by atoms with Crippen molar-refractivity contribution in [2.75, 3.05) is 18.6 Å². The van der Waals surface area contributed by atoms with Crippen molar-refractivity contribution in [3.8, 4) is 5.75 Å². The summed E-state index contributed by atoms with van der Waals surface area (Å²) in [5.41, 5.74) is 0.745. The van der Waals surface area contributed by atoms with Gasteiger partial charge in [-0.05, 0) is 29.1 Å². The summed E-state index contributed by atoms with van der Waals surface area (Å²) in [6.45, 7) is 6.12. The molecule has 7 heteroatoms. The molecule has 0 saturated carbocycles. The Morgan fingerprint density at radius 3 is 2.43 bits per heavy atom. The Morgan fingerprint density at radius 2 is 1.96 bits per heavy atom. The third-order valence-electron chi connectivity index (χ3n) is 3.62. The number of nitrogens with zero attached hydrogens (tertiary/aromatic N) is 1. The summed E-state index contributed by atoms with van der Waals surface area (Å²) in [4.78, 5) is 37.0. The van der Waals surface area contributed by atoms with Crippen LogP contribution in [0.4, 0.5) is 10.5 Å². The van der Waals surface area contributed by atoms with E-state index in [0.717, 1.165) is 4.90 Å². The Bertz CT molecular complexity index is 663. The smallest absolute Gasteiger partial charge is 0.328 e. The highest BCUT2D eigenvalue weighted by Gasteiger charge is 2.31. The van der Waals surface area contributed by atoms with Gasteiger partial charge in [0, 0.05) is 18.5 Å². The van der Waals surface area contributed by atoms with E-state index in [-0.39, 0.29) is 23.3 Å². The lowest BCUT2D eigenvalue weighted by atomic mass is 9.84. The number of hydrogen-bond donors (Lipinski definition) is 1. The molecule has 1 heterocycles. The minimum atomic E-state index is -0.709. The lowest BCUT2D eigenvalue weighted by Gasteiger charge is -2.29. The molecule has 1 aliphatic rings. The number of anilines is 1. The number of urea groups is 1. The molecule has 0 aliphatic carbocycles. The summed E-state index contributed by atoms with van der Waals surface area (Å²) in [7, 11) is 1.45. The molecule has 0 bridgehead atoms. The highest BCUT2D eigenvalue weighted by atomic mass is 35.5. The second kappa shape index (κ2) is 6.20. The summed E-state index contributed by atoms with van der Waals surface area (Å²) in [6, 6.07) is 2.58. The maximum Gasteiger partial charge on any atom is 0.328 e. The Kier molecular flexibility index (Phi) is 4.66. The quantitative estimate of drug-likeness (QED) is 0.860. The van der Waals surface area contributed by atoms with Gasteiger partial charge >= 0.3 is 6.03 Å². The molecule has 0 atom stereocenters. The molecule has 124 valence electrons. The third kappa shape index (κ3) is 3.32. The fraction of sp³-hybridized carbons (Fsp3) is 0.438. The zero-order chi connectivity index (χ0) is 17.4. The fourth-order valence-corrected chi connectivity index (χ4v) is 2.65. The van der Waals surface area contributed by atoms with Gasteiger partial charge in [-0.3, -0.25) is 9.59 Å². The van der Waals surface area contributed by atoms with Gasteiger partial charge in [0.15, 0.2) is 0 Å². The normalized spacial score (nSPS) is 15.4. The van der Waals surface area contributed by atoms with Gasteiger partial charge in [-0.2, -0.15) is 0 Å². The summed E-state index contributed by atoms with van der Waals surface area (Å²) in [5.74, 6) is 0.0258. The average Bonchev–Trinajstić information content (AvgIpc) is 2.45. The Hall–Kier alpha value is -2.08. The van der Waals surface area contributed by atoms with Crippen LogP contribution in [-0.4, -0.2) is 30.8 Å². The van der Waals surface area contributed by atoms with Crippen LogP contribution in [-0.2, 0) is 10.2 Å². The zero-order valence-electron chi connectivity index (χ0n) is 13.5. The van der Waals surface area contributed by atoms with Crippen LogP contribution >= 0.6 is 11.6 Å². The first-order valence-electron chi connectivity index (χ1n) is 7.20. The van der Waals surface area contributed by atoms with Crippen LogP contribution in [0.15, 0.2) is 12.1 Å². The van der Waals surface area contributed by atoms with E-state index in [1.54, 1.807) is 6.07 Å². The summed E-state index contributed by atoms with van der Waals surface area (Å²) < 4.78 is 5.35. The lowest BCUT2D eigenvalue weighted by molar-refractivity contribution is -0.118. The van der Waals surface area contributed by atoms with Crippen molar-refractivity contribution in [2.45, 2.75) is 32.6 Å². The molecule has 0 aromatic heterocycles. The molecule has 1 N–H and O–H groups in total. The van der Waals surface area contributed by atoms with Crippen LogP contribution in [0.5, 0.6) is 5.75 Å². The van der Waals surface area contributed by atoms with E-state index in [1.807, 2.05) is 20.8 Å². The molecule has 1 saturated heterocycles. The SMILES string of the molecule is COc1c(C(=O)Cl)cc(N2C(=O)CCNC2=O)cc1C(C)(C)C. The molecule has 3 amide bonds. The number of rotatable bonds is 3. The van der Waals surface area contributed by atoms with Gasteiger partial charge in [0.1, 0.15) is 5.75 Å². The van der Waals surface area contributed by atoms with E-state index in [4.69, 9.17) is 16.3 Å². The van der Waals surface area contributed by atoms with Crippen molar-refractivity contribution in [1.82, 2.24) is 5.32 Å². The van der Waals surface area contributed by atoms with E-state index in [2.05, 4.69) is 5.32 Å². The summed E-state index contributed by atoms with van der Waals surface area (Å²) in [5, 5.41) is 1.90. The van der Waals surface area contributed by atoms with Gasteiger partial charge in [0.25, 0.3) is 5.24 Å². The van der Waals surface area contributed by atoms with Gasteiger partial charge in [0.2, 0.25) is 5.91 Å². The number of benzene rings is 1. The number of hydrogen-bond acceptors (Lipinski definition) is 4. The maximum atomic E-state index is 12.1. The van der Waals surface area contributed by atoms with E-state index in [1.165, 1.54) is 13.2 Å². The lowest BCUT2D eigenvalue weighted by Crippen LogP contribution is -2.50. The van der Waals surface area contributed by atoms with Crippen LogP contribution in [0.1, 0.15) is 43.1 Å². The van der Waals surface area contributed by atoms with Crippen molar-refractivity contribution in [1.29, 1.82) is 0 Å². The van der Waals surface area contributed by atoms with E-state index in [0.29, 0.717) is 23.5 Å². The minimum Gasteiger partial charge on any atom is -0.496 e. The van der Waals surface area contributed by atoms with Crippen LogP contribution in [0.2, 0.25) is 0 Å². The largest absolute Gasteiger partial charge is 0.496 e. The number of imide groups is 1. The molecule has 0 spiro atoms. The Balaban J connectivity index is 2.70. The highest BCUT2D eigenvalue weighted by molar-refractivity contribution is 6.68. The summed E-state index contributed by atoms with van der Waals surface area (Å²) in [6.07, 6.45) is 0.201. The predicted octanol–water partition coefficient (Wildman–Crippen LogP) is 2.82. The second-order valence-electron chi connectivity index (χ2n) is 6.31. The molecule has 23 heavy (non-hydrogen) atoms. The third-order valence-corrected chi connectivity index (χ3v) is 3.83. The minimum absolute atomic E-state index is 0.128. The molecule has 1 aromatic rings. The number of carbonyl (C=O) groups is 3. The van der Waals surface area contributed by atoms with E-state index in [9.17, 15) is 14.4 Å². The number of amides is 3. The number of nitrogens with one attached hydrogen (secondary N) is 1. The number of halogens is 1. The van der Waals surface area contributed by atoms with Crippen molar-refractivity contribution < 1.29 is 19.1 Å². The molecule has 1 aromatic carbocycles. The van der Waals surface area contributed by atoms with Crippen LogP contribution in [0, 0.1) is 0 Å². The van der Waals surface area contributed by atoms with Crippen molar-refractivity contribution in [2.24, 2.45) is 0 Å². The van der Waals surface area contributed by atoms with E-state index < -0.39 is 11.3 Å². The summed E-state index contributed by atoms with van der Waals surface area (Å²) >= 11 is 5.67. The average molecular weight is 339 g/mol. The molecule has 0 radical (unpaired) electrons. The molecule has 0 unspecified atom stereocenters. The molecule has 1 aliphatic heterocycles. The predicted molar refractivity (Wildman–Crippen MR) is 87.4 cm³/mol. The first-order valence-corrected chi connectivity index (χ1v) is 7.57. The maximum absolute atomic E-state index is 12.1. The van der Waals surface area contributed by atoms with Crippen molar-refractivity contribution in [3.63, 3.8) is 0 Å². The molecule has 2 rings (SSSR count). The monoisotopic (exact) mass is 338 g/mol. The fourth-order valence-electron chi connectivity index (χ4n) is 2.51. The van der Waals surface area contributed by atoms with Gasteiger partial charge in [0.05, 0.1) is 18.4 Å². The van der Waals surface area contributed by atoms with Gasteiger partial charge in [-0.25, -0.2) is 9.69 Å². The Labute approximate surface area is 139 Å². The highest BCUT2D eigenvalue weighted by Crippen LogP contribution is 2.38. The van der Waals surface area contributed by atoms with E-state index >= 15 is 0 Å². The van der Waals surface area contributed by atoms with Crippen LogP contribution in [0.25, 0.3) is 0 Å². The zero-order valence-corrected chi connectivity index (χ0v) is 14.3. The van der Waals surface area contributed by atoms with Crippen molar-refractivity contribution >= 4 is 34.5 Å². The van der Waals surface area contributed by atoms with Gasteiger partial charge in [-0.1, -0.05) is 20.8 Å². The van der Waals surface area contributed by atoms with Crippen molar-refractivity contribution in [3.05, 3.63) is 23.3 Å². The number of methoxy groups -OCH3 is 1. The molecule has 1 fully saturated rings. The Morgan fingerprint density at radius 1 is 1.30 bits per heavy atom. The molecule has 6 nitrogen and oxygen atoms in total. The molecular formula is C16H19ClN2O4. The topological polar surface area (TPSA) is 75.7 Å². The van der Waals surface area contributed by atoms with Gasteiger partial charge < -0.3 is 10.1 Å². The standard InChI is InChI=1S/C16H19ClN2O4/c1-16(2,3)11-8-9(7-10(14(17)21)13(11)23-4)19-12(20)5-6-18-15(19)22/h7-8H,5-6H2,1-4H3,(H,18,22).